The second kappa shape index (κ2) is 7.45. The Kier molecular flexibility index (Phi) is 5.81. The van der Waals surface area contributed by atoms with E-state index in [9.17, 15) is 13.2 Å². The lowest BCUT2D eigenvalue weighted by Crippen LogP contribution is -2.43. The summed E-state index contributed by atoms with van der Waals surface area (Å²) in [5.74, 6) is 0.0350. The maximum atomic E-state index is 12.4. The van der Waals surface area contributed by atoms with E-state index in [1.807, 2.05) is 38.1 Å². The smallest absolute Gasteiger partial charge is 0.223 e. The van der Waals surface area contributed by atoms with Crippen molar-refractivity contribution >= 4 is 15.9 Å². The van der Waals surface area contributed by atoms with Crippen molar-refractivity contribution in [2.24, 2.45) is 5.92 Å². The molecule has 1 N–H and O–H groups in total. The first-order valence-electron chi connectivity index (χ1n) is 8.19. The fourth-order valence-corrected chi connectivity index (χ4v) is 4.19. The Hall–Kier alpha value is -1.40. The van der Waals surface area contributed by atoms with Crippen LogP contribution in [0.2, 0.25) is 0 Å². The fourth-order valence-electron chi connectivity index (χ4n) is 3.06. The summed E-state index contributed by atoms with van der Waals surface area (Å²) >= 11 is 0. The van der Waals surface area contributed by atoms with E-state index >= 15 is 0 Å². The molecule has 1 atom stereocenters. The molecule has 0 radical (unpaired) electrons. The van der Waals surface area contributed by atoms with E-state index in [1.54, 1.807) is 6.92 Å². The van der Waals surface area contributed by atoms with E-state index in [2.05, 4.69) is 5.32 Å². The number of amides is 1. The minimum atomic E-state index is -3.14. The molecule has 1 heterocycles. The molecule has 0 spiro atoms. The molecule has 0 aliphatic carbocycles. The third-order valence-electron chi connectivity index (χ3n) is 4.60. The number of benzene rings is 1. The van der Waals surface area contributed by atoms with Crippen molar-refractivity contribution in [2.75, 3.05) is 18.8 Å². The van der Waals surface area contributed by atoms with Gasteiger partial charge in [0.15, 0.2) is 0 Å². The number of nitrogens with zero attached hydrogens (tertiary/aromatic N) is 1. The second-order valence-corrected chi connectivity index (χ2v) is 8.42. The van der Waals surface area contributed by atoms with Crippen LogP contribution in [0.5, 0.6) is 0 Å². The van der Waals surface area contributed by atoms with Crippen LogP contribution < -0.4 is 5.32 Å². The normalized spacial score (nSPS) is 18.6. The number of aryl methyl sites for hydroxylation is 1. The highest BCUT2D eigenvalue weighted by Crippen LogP contribution is 2.22. The number of piperidine rings is 1. The molecule has 5 nitrogen and oxygen atoms in total. The average Bonchev–Trinajstić information content (AvgIpc) is 2.55. The van der Waals surface area contributed by atoms with Gasteiger partial charge >= 0.3 is 0 Å². The summed E-state index contributed by atoms with van der Waals surface area (Å²) in [6, 6.07) is 7.97. The van der Waals surface area contributed by atoms with E-state index in [1.165, 1.54) is 4.31 Å². The third-order valence-corrected chi connectivity index (χ3v) is 6.48. The van der Waals surface area contributed by atoms with Gasteiger partial charge < -0.3 is 5.32 Å². The number of hydrogen-bond acceptors (Lipinski definition) is 3. The van der Waals surface area contributed by atoms with E-state index in [0.717, 1.165) is 11.1 Å². The van der Waals surface area contributed by atoms with E-state index in [0.29, 0.717) is 25.9 Å². The molecule has 23 heavy (non-hydrogen) atoms. The molecule has 1 aromatic rings. The highest BCUT2D eigenvalue weighted by atomic mass is 32.2. The van der Waals surface area contributed by atoms with Gasteiger partial charge in [-0.05, 0) is 44.7 Å². The van der Waals surface area contributed by atoms with Gasteiger partial charge in [0.25, 0.3) is 0 Å². The summed E-state index contributed by atoms with van der Waals surface area (Å²) < 4.78 is 25.2. The first-order chi connectivity index (χ1) is 10.8. The lowest BCUT2D eigenvalue weighted by Gasteiger charge is -2.31. The Labute approximate surface area is 139 Å². The van der Waals surface area contributed by atoms with Crippen molar-refractivity contribution in [1.29, 1.82) is 0 Å². The number of carbonyl (C=O) groups is 1. The van der Waals surface area contributed by atoms with Gasteiger partial charge in [-0.25, -0.2) is 12.7 Å². The maximum Gasteiger partial charge on any atom is 0.223 e. The van der Waals surface area contributed by atoms with Crippen molar-refractivity contribution in [3.05, 3.63) is 35.4 Å². The first-order valence-corrected chi connectivity index (χ1v) is 9.79. The number of nitrogens with one attached hydrogen (secondary N) is 1. The molecule has 1 aliphatic rings. The standard InChI is InChI=1S/C17H26N2O3S/c1-4-23(21,22)19-11-9-15(10-12-19)17(20)18-14(3)16-8-6-5-7-13(16)2/h5-8,14-15H,4,9-12H2,1-3H3,(H,18,20)/t14-/m1/s1. The molecule has 0 unspecified atom stereocenters. The van der Waals surface area contributed by atoms with Crippen LogP contribution in [0.4, 0.5) is 0 Å². The van der Waals surface area contributed by atoms with E-state index in [4.69, 9.17) is 0 Å². The Morgan fingerprint density at radius 1 is 1.30 bits per heavy atom. The van der Waals surface area contributed by atoms with Crippen molar-refractivity contribution < 1.29 is 13.2 Å². The van der Waals surface area contributed by atoms with Gasteiger partial charge in [0, 0.05) is 19.0 Å². The maximum absolute atomic E-state index is 12.4. The topological polar surface area (TPSA) is 66.5 Å². The quantitative estimate of drug-likeness (QED) is 0.895. The van der Waals surface area contributed by atoms with Crippen LogP contribution in [0, 0.1) is 12.8 Å². The molecule has 1 aliphatic heterocycles. The van der Waals surface area contributed by atoms with Gasteiger partial charge in [-0.15, -0.1) is 0 Å². The Bertz CT molecular complexity index is 650. The third kappa shape index (κ3) is 4.32. The lowest BCUT2D eigenvalue weighted by atomic mass is 9.96. The van der Waals surface area contributed by atoms with Gasteiger partial charge in [0.05, 0.1) is 11.8 Å². The Balaban J connectivity index is 1.92. The van der Waals surface area contributed by atoms with Crippen LogP contribution in [0.3, 0.4) is 0 Å². The SMILES string of the molecule is CCS(=O)(=O)N1CCC(C(=O)N[C@H](C)c2ccccc2C)CC1. The van der Waals surface area contributed by atoms with Crippen LogP contribution in [0.25, 0.3) is 0 Å². The van der Waals surface area contributed by atoms with Crippen LogP contribution >= 0.6 is 0 Å². The Morgan fingerprint density at radius 3 is 2.48 bits per heavy atom. The van der Waals surface area contributed by atoms with Gasteiger partial charge in [-0.3, -0.25) is 4.79 Å². The van der Waals surface area contributed by atoms with Gasteiger partial charge in [0.2, 0.25) is 15.9 Å². The predicted octanol–water partition coefficient (Wildman–Crippen LogP) is 2.23. The molecule has 1 saturated heterocycles. The second-order valence-electron chi connectivity index (χ2n) is 6.16. The molecule has 1 fully saturated rings. The molecule has 0 aromatic heterocycles. The van der Waals surface area contributed by atoms with Crippen LogP contribution in [-0.4, -0.2) is 37.5 Å². The summed E-state index contributed by atoms with van der Waals surface area (Å²) in [5.41, 5.74) is 2.27. The minimum Gasteiger partial charge on any atom is -0.349 e. The van der Waals surface area contributed by atoms with Crippen LogP contribution in [0.1, 0.15) is 43.9 Å². The van der Waals surface area contributed by atoms with Crippen LogP contribution in [0.15, 0.2) is 24.3 Å². The largest absolute Gasteiger partial charge is 0.349 e. The average molecular weight is 338 g/mol. The zero-order valence-electron chi connectivity index (χ0n) is 14.1. The highest BCUT2D eigenvalue weighted by molar-refractivity contribution is 7.89. The molecule has 1 amide bonds. The summed E-state index contributed by atoms with van der Waals surface area (Å²) in [4.78, 5) is 12.4. The highest BCUT2D eigenvalue weighted by Gasteiger charge is 2.30. The number of carbonyl (C=O) groups excluding carboxylic acids is 1. The van der Waals surface area contributed by atoms with Gasteiger partial charge in [-0.2, -0.15) is 0 Å². The van der Waals surface area contributed by atoms with Gasteiger partial charge in [0.1, 0.15) is 0 Å². The summed E-state index contributed by atoms with van der Waals surface area (Å²) in [6.45, 7) is 6.54. The molecule has 128 valence electrons. The molecular weight excluding hydrogens is 312 g/mol. The van der Waals surface area contributed by atoms with Gasteiger partial charge in [-0.1, -0.05) is 24.3 Å². The summed E-state index contributed by atoms with van der Waals surface area (Å²) in [7, 11) is -3.14. The monoisotopic (exact) mass is 338 g/mol. The molecular formula is C17H26N2O3S. The van der Waals surface area contributed by atoms with E-state index in [-0.39, 0.29) is 23.6 Å². The van der Waals surface area contributed by atoms with Crippen molar-refractivity contribution in [1.82, 2.24) is 9.62 Å². The van der Waals surface area contributed by atoms with Crippen LogP contribution in [-0.2, 0) is 14.8 Å². The lowest BCUT2D eigenvalue weighted by molar-refractivity contribution is -0.126. The number of hydrogen-bond donors (Lipinski definition) is 1. The predicted molar refractivity (Wildman–Crippen MR) is 91.5 cm³/mol. The molecule has 6 heteroatoms. The molecule has 0 bridgehead atoms. The summed E-state index contributed by atoms with van der Waals surface area (Å²) in [5, 5.41) is 3.07. The Morgan fingerprint density at radius 2 is 1.91 bits per heavy atom. The van der Waals surface area contributed by atoms with Crippen molar-refractivity contribution in [3.8, 4) is 0 Å². The zero-order valence-corrected chi connectivity index (χ0v) is 14.9. The molecule has 0 saturated carbocycles. The number of sulfonamides is 1. The number of rotatable bonds is 5. The molecule has 1 aromatic carbocycles. The first kappa shape index (κ1) is 17.9. The molecule has 2 rings (SSSR count). The summed E-state index contributed by atoms with van der Waals surface area (Å²) in [6.07, 6.45) is 1.18. The fraction of sp³-hybridized carbons (Fsp3) is 0.588. The minimum absolute atomic E-state index is 0.0225. The van der Waals surface area contributed by atoms with Crippen molar-refractivity contribution in [3.63, 3.8) is 0 Å². The van der Waals surface area contributed by atoms with Crippen molar-refractivity contribution in [2.45, 2.75) is 39.7 Å². The zero-order chi connectivity index (χ0) is 17.0. The van der Waals surface area contributed by atoms with E-state index < -0.39 is 10.0 Å².